The van der Waals surface area contributed by atoms with Crippen molar-refractivity contribution in [3.05, 3.63) is 44.9 Å². The van der Waals surface area contributed by atoms with Crippen LogP contribution in [0.2, 0.25) is 0 Å². The number of H-pyrrole nitrogens is 1. The van der Waals surface area contributed by atoms with Gasteiger partial charge in [-0.1, -0.05) is 12.8 Å². The molecule has 3 aliphatic rings. The molecule has 1 unspecified atom stereocenters. The van der Waals surface area contributed by atoms with Crippen LogP contribution in [0, 0.1) is 11.8 Å². The van der Waals surface area contributed by atoms with Crippen molar-refractivity contribution >= 4 is 22.9 Å². The van der Waals surface area contributed by atoms with Crippen molar-refractivity contribution in [1.29, 1.82) is 0 Å². The van der Waals surface area contributed by atoms with Gasteiger partial charge >= 0.3 is 0 Å². The van der Waals surface area contributed by atoms with Crippen LogP contribution in [0.5, 0.6) is 0 Å². The molecule has 27 heavy (non-hydrogen) atoms. The van der Waals surface area contributed by atoms with E-state index in [1.54, 1.807) is 11.3 Å². The molecule has 5 rings (SSSR count). The summed E-state index contributed by atoms with van der Waals surface area (Å²) in [6.45, 7) is 0. The average molecular weight is 382 g/mol. The molecule has 0 bridgehead atoms. The number of aromatic nitrogens is 1. The molecule has 4 heteroatoms. The summed E-state index contributed by atoms with van der Waals surface area (Å²) < 4.78 is 0. The Hall–Kier alpha value is -1.68. The number of aryl methyl sites for hydroxylation is 1. The molecule has 2 aromatic heterocycles. The smallest absolute Gasteiger partial charge is 0.164 e. The standard InChI is InChI=1S/C23H27NO2S/c25-19(7-3-14-1-2-14)23-18-11-16(17-9-10-24-13-17)6-8-21(18)27-22(23)12-20(26)15-4-5-15/h9-10,13-16,24H,1-8,11-12H2. The maximum absolute atomic E-state index is 13.2. The second kappa shape index (κ2) is 7.05. The first-order valence-corrected chi connectivity index (χ1v) is 11.3. The van der Waals surface area contributed by atoms with Crippen LogP contribution in [0.3, 0.4) is 0 Å². The first kappa shape index (κ1) is 17.4. The third-order valence-corrected chi connectivity index (χ3v) is 7.84. The van der Waals surface area contributed by atoms with Crippen LogP contribution >= 0.6 is 11.3 Å². The number of fused-ring (bicyclic) bond motifs is 1. The molecule has 3 aliphatic carbocycles. The minimum Gasteiger partial charge on any atom is -0.367 e. The number of Topliss-reactive ketones (excluding diaryl/α,β-unsaturated/α-hetero) is 2. The van der Waals surface area contributed by atoms with Crippen LogP contribution in [0.15, 0.2) is 18.5 Å². The summed E-state index contributed by atoms with van der Waals surface area (Å²) in [7, 11) is 0. The van der Waals surface area contributed by atoms with Gasteiger partial charge in [0.05, 0.1) is 0 Å². The van der Waals surface area contributed by atoms with Crippen LogP contribution in [0.25, 0.3) is 0 Å². The number of thiophene rings is 1. The highest BCUT2D eigenvalue weighted by Crippen LogP contribution is 2.42. The monoisotopic (exact) mass is 381 g/mol. The quantitative estimate of drug-likeness (QED) is 0.636. The molecule has 2 heterocycles. The molecule has 1 atom stereocenters. The predicted molar refractivity (Wildman–Crippen MR) is 108 cm³/mol. The number of aromatic amines is 1. The number of hydrogen-bond donors (Lipinski definition) is 1. The minimum atomic E-state index is 0.270. The topological polar surface area (TPSA) is 49.9 Å². The lowest BCUT2D eigenvalue weighted by atomic mass is 9.81. The van der Waals surface area contributed by atoms with Crippen LogP contribution in [-0.2, 0) is 24.1 Å². The van der Waals surface area contributed by atoms with Gasteiger partial charge in [0.1, 0.15) is 5.78 Å². The van der Waals surface area contributed by atoms with E-state index in [-0.39, 0.29) is 5.92 Å². The van der Waals surface area contributed by atoms with E-state index in [1.807, 2.05) is 6.20 Å². The summed E-state index contributed by atoms with van der Waals surface area (Å²) in [5.74, 6) is 2.18. The molecular weight excluding hydrogens is 354 g/mol. The molecule has 0 radical (unpaired) electrons. The summed E-state index contributed by atoms with van der Waals surface area (Å²) in [5.41, 5.74) is 3.57. The zero-order chi connectivity index (χ0) is 18.4. The van der Waals surface area contributed by atoms with E-state index < -0.39 is 0 Å². The number of hydrogen-bond acceptors (Lipinski definition) is 3. The van der Waals surface area contributed by atoms with Gasteiger partial charge in [0.2, 0.25) is 0 Å². The molecule has 2 fully saturated rings. The highest BCUT2D eigenvalue weighted by Gasteiger charge is 2.34. The van der Waals surface area contributed by atoms with E-state index in [1.165, 1.54) is 28.8 Å². The van der Waals surface area contributed by atoms with Crippen LogP contribution in [0.4, 0.5) is 0 Å². The Bertz CT molecular complexity index is 855. The fraction of sp³-hybridized carbons (Fsp3) is 0.565. The lowest BCUT2D eigenvalue weighted by Crippen LogP contribution is -2.15. The zero-order valence-electron chi connectivity index (χ0n) is 15.8. The van der Waals surface area contributed by atoms with Crippen molar-refractivity contribution in [1.82, 2.24) is 4.98 Å². The Morgan fingerprint density at radius 2 is 2.00 bits per heavy atom. The van der Waals surface area contributed by atoms with Crippen molar-refractivity contribution < 1.29 is 9.59 Å². The van der Waals surface area contributed by atoms with E-state index in [4.69, 9.17) is 0 Å². The molecule has 3 nitrogen and oxygen atoms in total. The van der Waals surface area contributed by atoms with Gasteiger partial charge in [-0.25, -0.2) is 0 Å². The highest BCUT2D eigenvalue weighted by atomic mass is 32.1. The Labute approximate surface area is 164 Å². The van der Waals surface area contributed by atoms with Crippen LogP contribution < -0.4 is 0 Å². The fourth-order valence-corrected chi connectivity index (χ4v) is 5.92. The van der Waals surface area contributed by atoms with E-state index in [2.05, 4.69) is 17.2 Å². The van der Waals surface area contributed by atoms with Crippen molar-refractivity contribution in [2.45, 2.75) is 70.1 Å². The number of rotatable bonds is 8. The van der Waals surface area contributed by atoms with Gasteiger partial charge in [0.15, 0.2) is 5.78 Å². The van der Waals surface area contributed by atoms with Crippen molar-refractivity contribution in [2.75, 3.05) is 0 Å². The summed E-state index contributed by atoms with van der Waals surface area (Å²) in [6.07, 6.45) is 14.0. The van der Waals surface area contributed by atoms with E-state index in [0.29, 0.717) is 30.3 Å². The molecule has 2 aromatic rings. The van der Waals surface area contributed by atoms with Gasteiger partial charge in [-0.2, -0.15) is 0 Å². The largest absolute Gasteiger partial charge is 0.367 e. The van der Waals surface area contributed by atoms with E-state index >= 15 is 0 Å². The van der Waals surface area contributed by atoms with Crippen molar-refractivity contribution in [3.63, 3.8) is 0 Å². The van der Waals surface area contributed by atoms with Gasteiger partial charge in [-0.05, 0) is 67.6 Å². The molecule has 0 amide bonds. The first-order valence-electron chi connectivity index (χ1n) is 10.5. The van der Waals surface area contributed by atoms with E-state index in [0.717, 1.165) is 54.9 Å². The van der Waals surface area contributed by atoms with Gasteiger partial charge in [0, 0.05) is 46.5 Å². The molecule has 0 spiro atoms. The molecule has 0 aliphatic heterocycles. The second-order valence-electron chi connectivity index (χ2n) is 8.71. The molecular formula is C23H27NO2S. The van der Waals surface area contributed by atoms with Gasteiger partial charge < -0.3 is 4.98 Å². The number of carbonyl (C=O) groups is 2. The Kier molecular flexibility index (Phi) is 4.55. The lowest BCUT2D eigenvalue weighted by molar-refractivity contribution is -0.119. The Balaban J connectivity index is 1.44. The lowest BCUT2D eigenvalue weighted by Gasteiger charge is -2.22. The van der Waals surface area contributed by atoms with Gasteiger partial charge in [0.25, 0.3) is 0 Å². The Morgan fingerprint density at radius 1 is 1.15 bits per heavy atom. The summed E-state index contributed by atoms with van der Waals surface area (Å²) in [4.78, 5) is 31.3. The van der Waals surface area contributed by atoms with Crippen molar-refractivity contribution in [3.8, 4) is 0 Å². The predicted octanol–water partition coefficient (Wildman–Crippen LogP) is 5.24. The maximum atomic E-state index is 13.2. The SMILES string of the molecule is O=C(CCC1CC1)c1c(CC(=O)C2CC2)sc2c1CC(c1cc[nH]c1)CC2. The minimum absolute atomic E-state index is 0.270. The fourth-order valence-electron chi connectivity index (χ4n) is 4.54. The maximum Gasteiger partial charge on any atom is 0.164 e. The zero-order valence-corrected chi connectivity index (χ0v) is 16.6. The van der Waals surface area contributed by atoms with Crippen LogP contribution in [-0.4, -0.2) is 16.6 Å². The Morgan fingerprint density at radius 3 is 2.70 bits per heavy atom. The third-order valence-electron chi connectivity index (χ3n) is 6.55. The molecule has 142 valence electrons. The molecule has 0 aromatic carbocycles. The average Bonchev–Trinajstić information content (AvgIpc) is 3.59. The van der Waals surface area contributed by atoms with Gasteiger partial charge in [-0.15, -0.1) is 11.3 Å². The normalized spacial score (nSPS) is 21.9. The van der Waals surface area contributed by atoms with E-state index in [9.17, 15) is 9.59 Å². The number of carbonyl (C=O) groups excluding carboxylic acids is 2. The summed E-state index contributed by atoms with van der Waals surface area (Å²) in [6, 6.07) is 2.16. The van der Waals surface area contributed by atoms with Crippen LogP contribution in [0.1, 0.15) is 82.1 Å². The second-order valence-corrected chi connectivity index (χ2v) is 9.90. The molecule has 1 N–H and O–H groups in total. The molecule has 0 saturated heterocycles. The summed E-state index contributed by atoms with van der Waals surface area (Å²) >= 11 is 1.76. The first-order chi connectivity index (χ1) is 13.2. The molecule has 2 saturated carbocycles. The van der Waals surface area contributed by atoms with Gasteiger partial charge in [-0.3, -0.25) is 9.59 Å². The summed E-state index contributed by atoms with van der Waals surface area (Å²) in [5, 5.41) is 0. The number of ketones is 2. The highest BCUT2D eigenvalue weighted by molar-refractivity contribution is 7.12. The number of nitrogens with one attached hydrogen (secondary N) is 1. The third kappa shape index (κ3) is 3.69. The van der Waals surface area contributed by atoms with Crippen molar-refractivity contribution in [2.24, 2.45) is 11.8 Å².